The van der Waals surface area contributed by atoms with Crippen LogP contribution in [0, 0.1) is 13.8 Å². The number of pyridine rings is 1. The molecule has 0 fully saturated rings. The van der Waals surface area contributed by atoms with Gasteiger partial charge in [0, 0.05) is 6.07 Å². The summed E-state index contributed by atoms with van der Waals surface area (Å²) < 4.78 is 24.9. The summed E-state index contributed by atoms with van der Waals surface area (Å²) in [5.74, 6) is 0. The van der Waals surface area contributed by atoms with Crippen molar-refractivity contribution in [3.8, 4) is 0 Å². The van der Waals surface area contributed by atoms with Crippen LogP contribution in [0.1, 0.15) is 12.0 Å². The number of alkyl halides is 2. The summed E-state index contributed by atoms with van der Waals surface area (Å²) in [5, 5.41) is 10.5. The van der Waals surface area contributed by atoms with Crippen molar-refractivity contribution >= 4 is 44.2 Å². The first-order valence-corrected chi connectivity index (χ1v) is 5.09. The summed E-state index contributed by atoms with van der Waals surface area (Å²) in [7, 11) is 0. The van der Waals surface area contributed by atoms with Gasteiger partial charge in [-0.25, -0.2) is 13.8 Å². The fourth-order valence-electron chi connectivity index (χ4n) is 0.835. The highest BCUT2D eigenvalue weighted by Crippen LogP contribution is 2.34. The van der Waals surface area contributed by atoms with Crippen LogP contribution in [0.15, 0.2) is 10.7 Å². The minimum absolute atomic E-state index is 0.189. The van der Waals surface area contributed by atoms with Gasteiger partial charge in [-0.1, -0.05) is 0 Å². The van der Waals surface area contributed by atoms with E-state index < -0.39 is 22.6 Å². The highest BCUT2D eigenvalue weighted by atomic mass is 127. The van der Waals surface area contributed by atoms with Gasteiger partial charge in [0.1, 0.15) is 13.9 Å². The van der Waals surface area contributed by atoms with Gasteiger partial charge in [-0.05, 0) is 38.5 Å². The molecule has 0 aromatic carbocycles. The van der Waals surface area contributed by atoms with Gasteiger partial charge in [0.2, 0.25) is 0 Å². The Morgan fingerprint density at radius 2 is 2.21 bits per heavy atom. The Balaban J connectivity index is 3.44. The van der Waals surface area contributed by atoms with Crippen LogP contribution in [0.25, 0.3) is 0 Å². The molecule has 0 bridgehead atoms. The summed E-state index contributed by atoms with van der Waals surface area (Å²) in [6.45, 7) is 0. The summed E-state index contributed by atoms with van der Waals surface area (Å²) >= 11 is 4.48. The van der Waals surface area contributed by atoms with Gasteiger partial charge in [-0.3, -0.25) is 10.1 Å². The Bertz CT molecular complexity index is 388. The highest BCUT2D eigenvalue weighted by molar-refractivity contribution is 14.1. The molecule has 4 nitrogen and oxygen atoms in total. The molecule has 0 spiro atoms. The molecule has 14 heavy (non-hydrogen) atoms. The summed E-state index contributed by atoms with van der Waals surface area (Å²) in [6.07, 6.45) is -2.92. The first kappa shape index (κ1) is 11.7. The quantitative estimate of drug-likeness (QED) is 0.343. The van der Waals surface area contributed by atoms with Crippen molar-refractivity contribution in [2.24, 2.45) is 0 Å². The van der Waals surface area contributed by atoms with Gasteiger partial charge in [-0.15, -0.1) is 0 Å². The van der Waals surface area contributed by atoms with E-state index in [-0.39, 0.29) is 8.30 Å². The molecule has 0 aliphatic rings. The fraction of sp³-hybridized carbons (Fsp3) is 0.167. The van der Waals surface area contributed by atoms with Crippen LogP contribution < -0.4 is 0 Å². The van der Waals surface area contributed by atoms with Crippen molar-refractivity contribution in [1.29, 1.82) is 0 Å². The lowest BCUT2D eigenvalue weighted by atomic mass is 10.2. The lowest BCUT2D eigenvalue weighted by molar-refractivity contribution is -0.386. The Hall–Kier alpha value is -0.380. The first-order chi connectivity index (χ1) is 6.43. The van der Waals surface area contributed by atoms with Crippen molar-refractivity contribution in [2.45, 2.75) is 6.43 Å². The largest absolute Gasteiger partial charge is 0.283 e. The molecular weight excluding hydrogens is 377 g/mol. The minimum atomic E-state index is -2.92. The topological polar surface area (TPSA) is 56.0 Å². The normalized spacial score (nSPS) is 10.6. The zero-order chi connectivity index (χ0) is 10.9. The molecule has 0 atom stereocenters. The number of rotatable bonds is 2. The van der Waals surface area contributed by atoms with E-state index in [2.05, 4.69) is 20.9 Å². The van der Waals surface area contributed by atoms with Crippen LogP contribution >= 0.6 is 38.5 Å². The zero-order valence-electron chi connectivity index (χ0n) is 6.38. The second-order valence-electron chi connectivity index (χ2n) is 2.23. The maximum atomic E-state index is 12.4. The van der Waals surface area contributed by atoms with Gasteiger partial charge >= 0.3 is 0 Å². The molecule has 0 unspecified atom stereocenters. The average Bonchev–Trinajstić information content (AvgIpc) is 2.01. The molecular formula is C6H2BrF2IN2O2. The van der Waals surface area contributed by atoms with Crippen LogP contribution in [0.5, 0.6) is 0 Å². The van der Waals surface area contributed by atoms with E-state index >= 15 is 0 Å². The molecule has 0 N–H and O–H groups in total. The van der Waals surface area contributed by atoms with Crippen molar-refractivity contribution in [1.82, 2.24) is 4.98 Å². The molecule has 1 aromatic heterocycles. The fourth-order valence-corrected chi connectivity index (χ4v) is 2.27. The maximum absolute atomic E-state index is 12.4. The second kappa shape index (κ2) is 4.43. The average molecular weight is 379 g/mol. The van der Waals surface area contributed by atoms with E-state index in [1.165, 1.54) is 0 Å². The molecule has 0 amide bonds. The van der Waals surface area contributed by atoms with Crippen LogP contribution in [-0.4, -0.2) is 9.91 Å². The van der Waals surface area contributed by atoms with E-state index in [0.717, 1.165) is 6.07 Å². The van der Waals surface area contributed by atoms with Crippen molar-refractivity contribution < 1.29 is 13.7 Å². The second-order valence-corrected chi connectivity index (χ2v) is 4.08. The molecule has 0 saturated carbocycles. The predicted molar refractivity (Wildman–Crippen MR) is 56.3 cm³/mol. The van der Waals surface area contributed by atoms with E-state index in [0.29, 0.717) is 0 Å². The van der Waals surface area contributed by atoms with Gasteiger partial charge in [-0.2, -0.15) is 0 Å². The van der Waals surface area contributed by atoms with Gasteiger partial charge in [0.05, 0.1) is 4.92 Å². The Morgan fingerprint density at radius 1 is 1.64 bits per heavy atom. The Kier molecular flexibility index (Phi) is 3.70. The predicted octanol–water partition coefficient (Wildman–Crippen LogP) is 3.29. The molecule has 1 rings (SSSR count). The molecule has 0 aliphatic heterocycles. The number of halogens is 4. The Morgan fingerprint density at radius 3 is 2.64 bits per heavy atom. The number of nitro groups is 1. The van der Waals surface area contributed by atoms with Crippen LogP contribution in [-0.2, 0) is 0 Å². The zero-order valence-corrected chi connectivity index (χ0v) is 10.1. The molecule has 0 aliphatic carbocycles. The molecule has 1 heterocycles. The minimum Gasteiger partial charge on any atom is -0.258 e. The molecule has 0 radical (unpaired) electrons. The monoisotopic (exact) mass is 378 g/mol. The van der Waals surface area contributed by atoms with Crippen LogP contribution in [0.2, 0.25) is 0 Å². The van der Waals surface area contributed by atoms with E-state index in [1.54, 1.807) is 22.6 Å². The smallest absolute Gasteiger partial charge is 0.258 e. The highest BCUT2D eigenvalue weighted by Gasteiger charge is 2.26. The van der Waals surface area contributed by atoms with Gasteiger partial charge in [0.15, 0.2) is 0 Å². The maximum Gasteiger partial charge on any atom is 0.283 e. The van der Waals surface area contributed by atoms with Gasteiger partial charge in [0.25, 0.3) is 12.1 Å². The lowest BCUT2D eigenvalue weighted by Gasteiger charge is -2.03. The summed E-state index contributed by atoms with van der Waals surface area (Å²) in [6, 6.07) is 1.01. The van der Waals surface area contributed by atoms with E-state index in [9.17, 15) is 18.9 Å². The van der Waals surface area contributed by atoms with Crippen molar-refractivity contribution in [3.05, 3.63) is 30.0 Å². The standard InChI is InChI=1S/C6H2BrF2IN2O2/c7-5-4(6(8)9)2(12(13)14)1-3(10)11-5/h1,6H. The summed E-state index contributed by atoms with van der Waals surface area (Å²) in [4.78, 5) is 13.3. The van der Waals surface area contributed by atoms with Crippen molar-refractivity contribution in [3.63, 3.8) is 0 Å². The SMILES string of the molecule is O=[N+]([O-])c1cc(I)nc(Br)c1C(F)F. The van der Waals surface area contributed by atoms with Crippen LogP contribution in [0.3, 0.4) is 0 Å². The van der Waals surface area contributed by atoms with Crippen LogP contribution in [0.4, 0.5) is 14.5 Å². The Labute approximate surface area is 99.1 Å². The van der Waals surface area contributed by atoms with Crippen molar-refractivity contribution in [2.75, 3.05) is 0 Å². The van der Waals surface area contributed by atoms with E-state index in [1.807, 2.05) is 0 Å². The third-order valence-corrected chi connectivity index (χ3v) is 2.53. The third-order valence-electron chi connectivity index (χ3n) is 1.37. The number of aromatic nitrogens is 1. The molecule has 8 heteroatoms. The molecule has 76 valence electrons. The molecule has 0 saturated heterocycles. The molecule has 1 aromatic rings. The summed E-state index contributed by atoms with van der Waals surface area (Å²) in [5.41, 5.74) is -1.30. The third kappa shape index (κ3) is 2.35. The number of hydrogen-bond acceptors (Lipinski definition) is 3. The van der Waals surface area contributed by atoms with E-state index in [4.69, 9.17) is 0 Å². The number of hydrogen-bond donors (Lipinski definition) is 0. The van der Waals surface area contributed by atoms with Gasteiger partial charge < -0.3 is 0 Å². The lowest BCUT2D eigenvalue weighted by Crippen LogP contribution is -2.00. The first-order valence-electron chi connectivity index (χ1n) is 3.22. The number of nitrogens with zero attached hydrogens (tertiary/aromatic N) is 2.